The predicted molar refractivity (Wildman–Crippen MR) is 60.7 cm³/mol. The fourth-order valence-electron chi connectivity index (χ4n) is 2.73. The maximum atomic E-state index is 11.8. The van der Waals surface area contributed by atoms with Crippen molar-refractivity contribution in [1.29, 1.82) is 0 Å². The van der Waals surface area contributed by atoms with Crippen LogP contribution < -0.4 is 0 Å². The molecule has 0 bridgehead atoms. The lowest BCUT2D eigenvalue weighted by Gasteiger charge is -2.18. The average Bonchev–Trinajstić information content (AvgIpc) is 2.60. The van der Waals surface area contributed by atoms with Crippen LogP contribution in [0.4, 0.5) is 0 Å². The highest BCUT2D eigenvalue weighted by Gasteiger charge is 2.28. The van der Waals surface area contributed by atoms with E-state index in [1.165, 1.54) is 22.3 Å². The molecule has 0 saturated carbocycles. The monoisotopic (exact) mass is 198 g/mol. The highest BCUT2D eigenvalue weighted by Crippen LogP contribution is 2.39. The molecule has 0 heterocycles. The molecule has 0 spiro atoms. The van der Waals surface area contributed by atoms with Crippen LogP contribution in [0.2, 0.25) is 0 Å². The molecule has 2 aliphatic rings. The van der Waals surface area contributed by atoms with Crippen molar-refractivity contribution in [3.8, 4) is 0 Å². The van der Waals surface area contributed by atoms with Crippen molar-refractivity contribution in [2.45, 2.75) is 32.6 Å². The molecular weight excluding hydrogens is 184 g/mol. The van der Waals surface area contributed by atoms with Gasteiger partial charge < -0.3 is 0 Å². The second-order valence-electron chi connectivity index (χ2n) is 4.56. The summed E-state index contributed by atoms with van der Waals surface area (Å²) in [4.78, 5) is 11.8. The van der Waals surface area contributed by atoms with Gasteiger partial charge >= 0.3 is 0 Å². The van der Waals surface area contributed by atoms with Crippen LogP contribution >= 0.6 is 0 Å². The first kappa shape index (κ1) is 8.90. The number of rotatable bonds is 0. The molecule has 1 nitrogen and oxygen atoms in total. The summed E-state index contributed by atoms with van der Waals surface area (Å²) >= 11 is 0. The van der Waals surface area contributed by atoms with Crippen molar-refractivity contribution in [2.24, 2.45) is 0 Å². The summed E-state index contributed by atoms with van der Waals surface area (Å²) in [5.41, 5.74) is 6.29. The van der Waals surface area contributed by atoms with E-state index in [0.717, 1.165) is 31.3 Å². The Labute approximate surface area is 89.8 Å². The molecule has 2 aliphatic carbocycles. The van der Waals surface area contributed by atoms with Gasteiger partial charge in [-0.2, -0.15) is 0 Å². The largest absolute Gasteiger partial charge is 0.294 e. The molecule has 15 heavy (non-hydrogen) atoms. The highest BCUT2D eigenvalue weighted by atomic mass is 16.1. The van der Waals surface area contributed by atoms with Gasteiger partial charge in [0.1, 0.15) is 0 Å². The molecule has 0 N–H and O–H groups in total. The fraction of sp³-hybridized carbons (Fsp3) is 0.357. The summed E-state index contributed by atoms with van der Waals surface area (Å²) in [6, 6.07) is 6.50. The van der Waals surface area contributed by atoms with Gasteiger partial charge in [-0.1, -0.05) is 29.3 Å². The molecular formula is C14H14O. The summed E-state index contributed by atoms with van der Waals surface area (Å²) in [7, 11) is 0. The lowest BCUT2D eigenvalue weighted by atomic mass is 9.86. The third kappa shape index (κ3) is 1.26. The zero-order valence-electron chi connectivity index (χ0n) is 8.97. The maximum absolute atomic E-state index is 11.8. The first-order valence-electron chi connectivity index (χ1n) is 5.61. The van der Waals surface area contributed by atoms with Gasteiger partial charge in [-0.05, 0) is 37.3 Å². The van der Waals surface area contributed by atoms with E-state index < -0.39 is 0 Å². The Kier molecular flexibility index (Phi) is 1.82. The molecule has 1 aromatic carbocycles. The van der Waals surface area contributed by atoms with Crippen molar-refractivity contribution in [3.63, 3.8) is 0 Å². The van der Waals surface area contributed by atoms with Crippen LogP contribution in [-0.2, 0) is 11.2 Å². The number of Topliss-reactive ketones (excluding diaryl/α,β-unsaturated/α-hetero) is 1. The van der Waals surface area contributed by atoms with Gasteiger partial charge in [0.25, 0.3) is 0 Å². The van der Waals surface area contributed by atoms with Crippen LogP contribution in [0.5, 0.6) is 0 Å². The van der Waals surface area contributed by atoms with E-state index in [9.17, 15) is 4.79 Å². The van der Waals surface area contributed by atoms with E-state index in [1.807, 2.05) is 0 Å². The molecule has 1 heteroatoms. The summed E-state index contributed by atoms with van der Waals surface area (Å²) < 4.78 is 0. The summed E-state index contributed by atoms with van der Waals surface area (Å²) in [5, 5.41) is 0. The van der Waals surface area contributed by atoms with Crippen LogP contribution in [0.3, 0.4) is 0 Å². The van der Waals surface area contributed by atoms with Crippen molar-refractivity contribution >= 4 is 11.4 Å². The Morgan fingerprint density at radius 2 is 1.87 bits per heavy atom. The zero-order chi connectivity index (χ0) is 10.4. The first-order valence-corrected chi connectivity index (χ1v) is 5.61. The molecule has 0 aliphatic heterocycles. The minimum atomic E-state index is 0.358. The highest BCUT2D eigenvalue weighted by molar-refractivity contribution is 6.24. The molecule has 0 radical (unpaired) electrons. The SMILES string of the molecule is Cc1ccc2c(c1)C1=C(CCC1=O)CC2. The zero-order valence-corrected chi connectivity index (χ0v) is 8.97. The van der Waals surface area contributed by atoms with E-state index in [1.54, 1.807) is 0 Å². The molecule has 0 fully saturated rings. The van der Waals surface area contributed by atoms with E-state index in [0.29, 0.717) is 5.78 Å². The average molecular weight is 198 g/mol. The van der Waals surface area contributed by atoms with Gasteiger partial charge in [-0.3, -0.25) is 4.79 Å². The molecule has 0 unspecified atom stereocenters. The maximum Gasteiger partial charge on any atom is 0.163 e. The van der Waals surface area contributed by atoms with E-state index in [-0.39, 0.29) is 0 Å². The van der Waals surface area contributed by atoms with Crippen LogP contribution in [0.25, 0.3) is 5.57 Å². The Bertz CT molecular complexity index is 480. The van der Waals surface area contributed by atoms with Crippen molar-refractivity contribution < 1.29 is 4.79 Å². The number of fused-ring (bicyclic) bond motifs is 2. The van der Waals surface area contributed by atoms with Crippen LogP contribution in [0.15, 0.2) is 23.8 Å². The minimum absolute atomic E-state index is 0.358. The third-order valence-corrected chi connectivity index (χ3v) is 3.52. The molecule has 0 aromatic heterocycles. The smallest absolute Gasteiger partial charge is 0.163 e. The van der Waals surface area contributed by atoms with Crippen LogP contribution in [0, 0.1) is 6.92 Å². The lowest BCUT2D eigenvalue weighted by Crippen LogP contribution is -2.06. The van der Waals surface area contributed by atoms with Crippen LogP contribution in [0.1, 0.15) is 36.0 Å². The Morgan fingerprint density at radius 3 is 2.73 bits per heavy atom. The number of hydrogen-bond donors (Lipinski definition) is 0. The number of aryl methyl sites for hydroxylation is 2. The fourth-order valence-corrected chi connectivity index (χ4v) is 2.73. The first-order chi connectivity index (χ1) is 7.25. The molecule has 1 aromatic rings. The van der Waals surface area contributed by atoms with Crippen molar-refractivity contribution in [2.75, 3.05) is 0 Å². The molecule has 3 rings (SSSR count). The molecule has 76 valence electrons. The van der Waals surface area contributed by atoms with Gasteiger partial charge in [-0.25, -0.2) is 0 Å². The van der Waals surface area contributed by atoms with Crippen molar-refractivity contribution in [1.82, 2.24) is 0 Å². The second kappa shape index (κ2) is 3.06. The molecule has 0 amide bonds. The minimum Gasteiger partial charge on any atom is -0.294 e. The normalized spacial score (nSPS) is 19.1. The summed E-state index contributed by atoms with van der Waals surface area (Å²) in [6.07, 6.45) is 3.94. The summed E-state index contributed by atoms with van der Waals surface area (Å²) in [5.74, 6) is 0.358. The number of hydrogen-bond acceptors (Lipinski definition) is 1. The van der Waals surface area contributed by atoms with E-state index >= 15 is 0 Å². The molecule has 0 atom stereocenters. The number of carbonyl (C=O) groups is 1. The van der Waals surface area contributed by atoms with E-state index in [4.69, 9.17) is 0 Å². The van der Waals surface area contributed by atoms with Gasteiger partial charge in [0.15, 0.2) is 5.78 Å². The van der Waals surface area contributed by atoms with Gasteiger partial charge in [0.2, 0.25) is 0 Å². The van der Waals surface area contributed by atoms with Gasteiger partial charge in [0, 0.05) is 12.0 Å². The Balaban J connectivity index is 2.23. The predicted octanol–water partition coefficient (Wildman–Crippen LogP) is 3.06. The standard InChI is InChI=1S/C14H14O/c1-9-2-3-10-4-5-11-6-7-13(15)14(11)12(10)8-9/h2-3,8H,4-7H2,1H3. The Morgan fingerprint density at radius 1 is 1.07 bits per heavy atom. The van der Waals surface area contributed by atoms with Gasteiger partial charge in [0.05, 0.1) is 0 Å². The number of ketones is 1. The quantitative estimate of drug-likeness (QED) is 0.626. The Hall–Kier alpha value is -1.37. The lowest BCUT2D eigenvalue weighted by molar-refractivity contribution is -0.113. The second-order valence-corrected chi connectivity index (χ2v) is 4.56. The third-order valence-electron chi connectivity index (χ3n) is 3.52. The number of carbonyl (C=O) groups excluding carboxylic acids is 1. The molecule has 0 saturated heterocycles. The van der Waals surface area contributed by atoms with Gasteiger partial charge in [-0.15, -0.1) is 0 Å². The van der Waals surface area contributed by atoms with Crippen LogP contribution in [-0.4, -0.2) is 5.78 Å². The van der Waals surface area contributed by atoms with Crippen molar-refractivity contribution in [3.05, 3.63) is 40.5 Å². The topological polar surface area (TPSA) is 17.1 Å². The summed E-state index contributed by atoms with van der Waals surface area (Å²) in [6.45, 7) is 2.09. The van der Waals surface area contributed by atoms with E-state index in [2.05, 4.69) is 25.1 Å². The number of allylic oxidation sites excluding steroid dienone is 2. The number of benzene rings is 1.